The Morgan fingerprint density at radius 3 is 2.09 bits per heavy atom. The minimum atomic E-state index is -3.78. The van der Waals surface area contributed by atoms with Gasteiger partial charge in [-0.2, -0.15) is 8.42 Å². The van der Waals surface area contributed by atoms with E-state index in [1.807, 2.05) is 26.0 Å². The molecule has 4 nitrogen and oxygen atoms in total. The summed E-state index contributed by atoms with van der Waals surface area (Å²) in [5, 5.41) is 0. The van der Waals surface area contributed by atoms with Crippen molar-refractivity contribution in [2.45, 2.75) is 31.3 Å². The minimum absolute atomic E-state index is 0.171. The summed E-state index contributed by atoms with van der Waals surface area (Å²) in [6.45, 7) is 3.79. The van der Waals surface area contributed by atoms with Crippen LogP contribution in [0.15, 0.2) is 53.4 Å². The van der Waals surface area contributed by atoms with Gasteiger partial charge in [-0.15, -0.1) is 0 Å². The standard InChI is InChI=1S/C17H20O4S/c1-4-17(14-7-9-15(20-3)10-8-14)21-22(18,19)16-11-5-13(2)6-12-16/h5-12,17H,4H2,1-3H3. The molecule has 118 valence electrons. The number of ether oxygens (including phenoxy) is 1. The topological polar surface area (TPSA) is 52.6 Å². The van der Waals surface area contributed by atoms with Crippen LogP contribution in [0.3, 0.4) is 0 Å². The molecule has 0 spiro atoms. The number of aryl methyl sites for hydroxylation is 1. The van der Waals surface area contributed by atoms with Gasteiger partial charge in [0.05, 0.1) is 12.0 Å². The Hall–Kier alpha value is -1.85. The van der Waals surface area contributed by atoms with Crippen LogP contribution < -0.4 is 4.74 Å². The third kappa shape index (κ3) is 3.87. The number of rotatable bonds is 6. The van der Waals surface area contributed by atoms with E-state index in [0.717, 1.165) is 16.9 Å². The number of hydrogen-bond donors (Lipinski definition) is 0. The maximum atomic E-state index is 12.4. The fraction of sp³-hybridized carbons (Fsp3) is 0.294. The predicted molar refractivity (Wildman–Crippen MR) is 85.5 cm³/mol. The Morgan fingerprint density at radius 1 is 1.00 bits per heavy atom. The molecule has 2 aromatic rings. The van der Waals surface area contributed by atoms with E-state index in [1.165, 1.54) is 0 Å². The van der Waals surface area contributed by atoms with E-state index in [4.69, 9.17) is 8.92 Å². The SMILES string of the molecule is CCC(OS(=O)(=O)c1ccc(C)cc1)c1ccc(OC)cc1. The van der Waals surface area contributed by atoms with E-state index in [1.54, 1.807) is 43.5 Å². The highest BCUT2D eigenvalue weighted by Gasteiger charge is 2.22. The van der Waals surface area contributed by atoms with Gasteiger partial charge < -0.3 is 4.74 Å². The second kappa shape index (κ2) is 6.94. The molecule has 0 heterocycles. The largest absolute Gasteiger partial charge is 0.497 e. The molecule has 2 rings (SSSR count). The maximum Gasteiger partial charge on any atom is 0.297 e. The molecule has 1 atom stereocenters. The van der Waals surface area contributed by atoms with Gasteiger partial charge in [0.1, 0.15) is 11.9 Å². The molecule has 5 heteroatoms. The fourth-order valence-electron chi connectivity index (χ4n) is 2.09. The summed E-state index contributed by atoms with van der Waals surface area (Å²) in [5.74, 6) is 0.722. The average molecular weight is 320 g/mol. The Kier molecular flexibility index (Phi) is 5.21. The smallest absolute Gasteiger partial charge is 0.297 e. The second-order valence-corrected chi connectivity index (χ2v) is 6.61. The summed E-state index contributed by atoms with van der Waals surface area (Å²) >= 11 is 0. The summed E-state index contributed by atoms with van der Waals surface area (Å²) < 4.78 is 35.2. The first kappa shape index (κ1) is 16.5. The van der Waals surface area contributed by atoms with Crippen LogP contribution in [0.4, 0.5) is 0 Å². The Balaban J connectivity index is 2.22. The van der Waals surface area contributed by atoms with Crippen molar-refractivity contribution in [3.8, 4) is 5.75 Å². The molecule has 0 saturated carbocycles. The molecular formula is C17H20O4S. The third-order valence-corrected chi connectivity index (χ3v) is 4.75. The second-order valence-electron chi connectivity index (χ2n) is 5.03. The van der Waals surface area contributed by atoms with Crippen LogP contribution >= 0.6 is 0 Å². The molecule has 22 heavy (non-hydrogen) atoms. The van der Waals surface area contributed by atoms with Crippen LogP contribution in [0.5, 0.6) is 5.75 Å². The van der Waals surface area contributed by atoms with Crippen molar-refractivity contribution in [3.63, 3.8) is 0 Å². The van der Waals surface area contributed by atoms with Gasteiger partial charge in [-0.1, -0.05) is 36.8 Å². The van der Waals surface area contributed by atoms with Crippen molar-refractivity contribution < 1.29 is 17.3 Å². The van der Waals surface area contributed by atoms with Crippen molar-refractivity contribution >= 4 is 10.1 Å². The van der Waals surface area contributed by atoms with E-state index in [0.29, 0.717) is 6.42 Å². The molecule has 0 aliphatic carbocycles. The zero-order valence-corrected chi connectivity index (χ0v) is 13.8. The normalized spacial score (nSPS) is 12.9. The molecule has 0 saturated heterocycles. The zero-order valence-electron chi connectivity index (χ0n) is 12.9. The van der Waals surface area contributed by atoms with Crippen LogP contribution in [-0.4, -0.2) is 15.5 Å². The van der Waals surface area contributed by atoms with Gasteiger partial charge >= 0.3 is 0 Å². The lowest BCUT2D eigenvalue weighted by Crippen LogP contribution is -2.12. The molecule has 0 N–H and O–H groups in total. The fourth-order valence-corrected chi connectivity index (χ4v) is 3.22. The van der Waals surface area contributed by atoms with Crippen LogP contribution in [0, 0.1) is 6.92 Å². The van der Waals surface area contributed by atoms with Gasteiger partial charge in [0.2, 0.25) is 0 Å². The summed E-state index contributed by atoms with van der Waals surface area (Å²) in [7, 11) is -2.20. The first-order valence-corrected chi connectivity index (χ1v) is 8.51. The van der Waals surface area contributed by atoms with Crippen LogP contribution in [-0.2, 0) is 14.3 Å². The molecule has 1 unspecified atom stereocenters. The summed E-state index contributed by atoms with van der Waals surface area (Å²) in [6.07, 6.45) is 0.0365. The Labute approximate surface area is 131 Å². The highest BCUT2D eigenvalue weighted by molar-refractivity contribution is 7.86. The summed E-state index contributed by atoms with van der Waals surface area (Å²) in [4.78, 5) is 0.171. The van der Waals surface area contributed by atoms with Crippen molar-refractivity contribution in [2.75, 3.05) is 7.11 Å². The van der Waals surface area contributed by atoms with Gasteiger partial charge in [0.25, 0.3) is 10.1 Å². The lowest BCUT2D eigenvalue weighted by molar-refractivity contribution is 0.209. The molecular weight excluding hydrogens is 300 g/mol. The first-order chi connectivity index (χ1) is 10.5. The number of methoxy groups -OCH3 is 1. The van der Waals surface area contributed by atoms with Crippen molar-refractivity contribution in [3.05, 3.63) is 59.7 Å². The Bertz CT molecular complexity index is 703. The molecule has 2 aromatic carbocycles. The molecule has 0 aliphatic heterocycles. The first-order valence-electron chi connectivity index (χ1n) is 7.10. The Morgan fingerprint density at radius 2 is 1.59 bits per heavy atom. The predicted octanol–water partition coefficient (Wildman–Crippen LogP) is 3.86. The molecule has 0 fully saturated rings. The molecule has 0 bridgehead atoms. The van der Waals surface area contributed by atoms with Gasteiger partial charge in [-0.05, 0) is 43.2 Å². The molecule has 0 aliphatic rings. The minimum Gasteiger partial charge on any atom is -0.497 e. The van der Waals surface area contributed by atoms with E-state index in [2.05, 4.69) is 0 Å². The lowest BCUT2D eigenvalue weighted by Gasteiger charge is -2.16. The summed E-state index contributed by atoms with van der Waals surface area (Å²) in [6, 6.07) is 13.8. The van der Waals surface area contributed by atoms with E-state index >= 15 is 0 Å². The molecule has 0 aromatic heterocycles. The third-order valence-electron chi connectivity index (χ3n) is 3.41. The number of benzene rings is 2. The van der Waals surface area contributed by atoms with Crippen molar-refractivity contribution in [1.82, 2.24) is 0 Å². The molecule has 0 radical (unpaired) electrons. The zero-order chi connectivity index (χ0) is 16.2. The van der Waals surface area contributed by atoms with Gasteiger partial charge in [0.15, 0.2) is 0 Å². The van der Waals surface area contributed by atoms with Crippen molar-refractivity contribution in [2.24, 2.45) is 0 Å². The lowest BCUT2D eigenvalue weighted by atomic mass is 10.1. The van der Waals surface area contributed by atoms with Crippen molar-refractivity contribution in [1.29, 1.82) is 0 Å². The van der Waals surface area contributed by atoms with Crippen LogP contribution in [0.2, 0.25) is 0 Å². The van der Waals surface area contributed by atoms with E-state index in [9.17, 15) is 8.42 Å². The average Bonchev–Trinajstić information content (AvgIpc) is 2.53. The quantitative estimate of drug-likeness (QED) is 0.758. The monoisotopic (exact) mass is 320 g/mol. The maximum absolute atomic E-state index is 12.4. The van der Waals surface area contributed by atoms with Gasteiger partial charge in [-0.25, -0.2) is 0 Å². The highest BCUT2D eigenvalue weighted by Crippen LogP contribution is 2.27. The number of hydrogen-bond acceptors (Lipinski definition) is 4. The highest BCUT2D eigenvalue weighted by atomic mass is 32.2. The molecule has 0 amide bonds. The van der Waals surface area contributed by atoms with Crippen LogP contribution in [0.25, 0.3) is 0 Å². The van der Waals surface area contributed by atoms with Gasteiger partial charge in [0, 0.05) is 0 Å². The van der Waals surface area contributed by atoms with E-state index in [-0.39, 0.29) is 4.90 Å². The van der Waals surface area contributed by atoms with E-state index < -0.39 is 16.2 Å². The van der Waals surface area contributed by atoms with Gasteiger partial charge in [-0.3, -0.25) is 4.18 Å². The van der Waals surface area contributed by atoms with Crippen LogP contribution in [0.1, 0.15) is 30.6 Å². The summed E-state index contributed by atoms with van der Waals surface area (Å²) in [5.41, 5.74) is 1.81.